The van der Waals surface area contributed by atoms with E-state index < -0.39 is 0 Å². The number of carbonyl (C=O) groups is 1. The molecule has 5 nitrogen and oxygen atoms in total. The maximum absolute atomic E-state index is 12.2. The number of anilines is 1. The molecule has 21 heavy (non-hydrogen) atoms. The number of amides is 1. The van der Waals surface area contributed by atoms with Gasteiger partial charge in [-0.15, -0.1) is 0 Å². The minimum Gasteiger partial charge on any atom is -0.382 e. The number of nitrogens with zero attached hydrogens (tertiary/aromatic N) is 2. The summed E-state index contributed by atoms with van der Waals surface area (Å²) in [6.45, 7) is 4.48. The highest BCUT2D eigenvalue weighted by atomic mass is 16.5. The summed E-state index contributed by atoms with van der Waals surface area (Å²) in [5.74, 6) is 0.113. The Morgan fingerprint density at radius 2 is 2.05 bits per heavy atom. The number of carbonyl (C=O) groups excluding carboxylic acids is 1. The highest BCUT2D eigenvalue weighted by Crippen LogP contribution is 2.22. The monoisotopic (exact) mass is 289 g/mol. The van der Waals surface area contributed by atoms with Crippen LogP contribution in [0.5, 0.6) is 0 Å². The summed E-state index contributed by atoms with van der Waals surface area (Å²) in [4.78, 5) is 16.3. The molecule has 1 saturated heterocycles. The lowest BCUT2D eigenvalue weighted by Crippen LogP contribution is -2.48. The SMILES string of the molecule is CN1CCN(C(=O)COC2CNc3ccccc3C2)CC1. The first kappa shape index (κ1) is 14.4. The Morgan fingerprint density at radius 3 is 2.86 bits per heavy atom. The fourth-order valence-corrected chi connectivity index (χ4v) is 2.87. The van der Waals surface area contributed by atoms with Gasteiger partial charge in [0.15, 0.2) is 0 Å². The van der Waals surface area contributed by atoms with Crippen LogP contribution in [0, 0.1) is 0 Å². The molecule has 3 rings (SSSR count). The van der Waals surface area contributed by atoms with Crippen molar-refractivity contribution in [3.63, 3.8) is 0 Å². The lowest BCUT2D eigenvalue weighted by Gasteiger charge is -2.33. The van der Waals surface area contributed by atoms with Crippen molar-refractivity contribution < 1.29 is 9.53 Å². The molecule has 5 heteroatoms. The topological polar surface area (TPSA) is 44.8 Å². The zero-order chi connectivity index (χ0) is 14.7. The molecule has 0 bridgehead atoms. The van der Waals surface area contributed by atoms with E-state index in [0.717, 1.165) is 39.1 Å². The Bertz CT molecular complexity index is 498. The van der Waals surface area contributed by atoms with E-state index in [9.17, 15) is 4.79 Å². The second-order valence-electron chi connectivity index (χ2n) is 5.86. The van der Waals surface area contributed by atoms with E-state index >= 15 is 0 Å². The van der Waals surface area contributed by atoms with Gasteiger partial charge < -0.3 is 19.9 Å². The second kappa shape index (κ2) is 6.45. The van der Waals surface area contributed by atoms with Crippen molar-refractivity contribution in [2.75, 3.05) is 51.7 Å². The quantitative estimate of drug-likeness (QED) is 0.894. The second-order valence-corrected chi connectivity index (χ2v) is 5.86. The Morgan fingerprint density at radius 1 is 1.29 bits per heavy atom. The third kappa shape index (κ3) is 3.54. The Labute approximate surface area is 125 Å². The number of rotatable bonds is 3. The first-order valence-electron chi connectivity index (χ1n) is 7.62. The summed E-state index contributed by atoms with van der Waals surface area (Å²) in [6, 6.07) is 8.27. The average Bonchev–Trinajstić information content (AvgIpc) is 2.53. The van der Waals surface area contributed by atoms with Gasteiger partial charge in [-0.1, -0.05) is 18.2 Å². The van der Waals surface area contributed by atoms with Crippen molar-refractivity contribution in [3.8, 4) is 0 Å². The number of likely N-dealkylation sites (N-methyl/N-ethyl adjacent to an activating group) is 1. The van der Waals surface area contributed by atoms with Crippen LogP contribution in [0.4, 0.5) is 5.69 Å². The van der Waals surface area contributed by atoms with Gasteiger partial charge in [0.25, 0.3) is 0 Å². The molecular weight excluding hydrogens is 266 g/mol. The maximum Gasteiger partial charge on any atom is 0.248 e. The first-order chi connectivity index (χ1) is 10.2. The van der Waals surface area contributed by atoms with Crippen LogP contribution in [0.1, 0.15) is 5.56 Å². The van der Waals surface area contributed by atoms with Gasteiger partial charge in [0.05, 0.1) is 6.10 Å². The van der Waals surface area contributed by atoms with Gasteiger partial charge in [-0.2, -0.15) is 0 Å². The zero-order valence-electron chi connectivity index (χ0n) is 12.5. The molecule has 2 aliphatic heterocycles. The molecule has 0 aromatic heterocycles. The number of nitrogens with one attached hydrogen (secondary N) is 1. The van der Waals surface area contributed by atoms with Gasteiger partial charge in [-0.25, -0.2) is 0 Å². The third-order valence-corrected chi connectivity index (χ3v) is 4.28. The Hall–Kier alpha value is -1.59. The summed E-state index contributed by atoms with van der Waals surface area (Å²) in [6.07, 6.45) is 0.954. The average molecular weight is 289 g/mol. The molecule has 1 N–H and O–H groups in total. The Balaban J connectivity index is 1.47. The van der Waals surface area contributed by atoms with Gasteiger partial charge in [-0.3, -0.25) is 4.79 Å². The van der Waals surface area contributed by atoms with E-state index in [1.165, 1.54) is 11.3 Å². The molecule has 2 heterocycles. The molecule has 0 aliphatic carbocycles. The summed E-state index contributed by atoms with van der Waals surface area (Å²) < 4.78 is 5.81. The molecule has 0 radical (unpaired) electrons. The fourth-order valence-electron chi connectivity index (χ4n) is 2.87. The number of hydrogen-bond acceptors (Lipinski definition) is 4. The van der Waals surface area contributed by atoms with Crippen molar-refractivity contribution in [1.29, 1.82) is 0 Å². The molecule has 1 unspecified atom stereocenters. The number of benzene rings is 1. The van der Waals surface area contributed by atoms with Gasteiger partial charge in [-0.05, 0) is 18.7 Å². The van der Waals surface area contributed by atoms with Crippen molar-refractivity contribution in [1.82, 2.24) is 9.80 Å². The fraction of sp³-hybridized carbons (Fsp3) is 0.562. The summed E-state index contributed by atoms with van der Waals surface area (Å²) in [5, 5.41) is 3.37. The lowest BCUT2D eigenvalue weighted by atomic mass is 10.0. The highest BCUT2D eigenvalue weighted by Gasteiger charge is 2.22. The maximum atomic E-state index is 12.2. The van der Waals surface area contributed by atoms with Crippen LogP contribution in [0.2, 0.25) is 0 Å². The van der Waals surface area contributed by atoms with Gasteiger partial charge in [0.1, 0.15) is 6.61 Å². The van der Waals surface area contributed by atoms with Crippen molar-refractivity contribution in [2.45, 2.75) is 12.5 Å². The van der Waals surface area contributed by atoms with Crippen LogP contribution >= 0.6 is 0 Å². The van der Waals surface area contributed by atoms with Crippen LogP contribution in [0.25, 0.3) is 0 Å². The standard InChI is InChI=1S/C16H23N3O2/c1-18-6-8-19(9-7-18)16(20)12-21-14-10-13-4-2-3-5-15(13)17-11-14/h2-5,14,17H,6-12H2,1H3. The smallest absolute Gasteiger partial charge is 0.248 e. The molecule has 2 aliphatic rings. The molecule has 1 aromatic rings. The van der Waals surface area contributed by atoms with Crippen LogP contribution < -0.4 is 5.32 Å². The van der Waals surface area contributed by atoms with E-state index in [4.69, 9.17) is 4.74 Å². The van der Waals surface area contributed by atoms with Crippen LogP contribution in [0.3, 0.4) is 0 Å². The van der Waals surface area contributed by atoms with E-state index in [0.29, 0.717) is 0 Å². The largest absolute Gasteiger partial charge is 0.382 e. The lowest BCUT2D eigenvalue weighted by molar-refractivity contribution is -0.139. The number of ether oxygens (including phenoxy) is 1. The van der Waals surface area contributed by atoms with Crippen LogP contribution in [-0.2, 0) is 16.0 Å². The summed E-state index contributed by atoms with van der Waals surface area (Å²) >= 11 is 0. The molecule has 1 atom stereocenters. The number of para-hydroxylation sites is 1. The predicted octanol–water partition coefficient (Wildman–Crippen LogP) is 0.814. The van der Waals surface area contributed by atoms with Crippen LogP contribution in [-0.4, -0.2) is 68.2 Å². The van der Waals surface area contributed by atoms with E-state index in [-0.39, 0.29) is 18.6 Å². The Kier molecular flexibility index (Phi) is 4.41. The molecule has 0 saturated carbocycles. The van der Waals surface area contributed by atoms with E-state index in [1.807, 2.05) is 17.0 Å². The van der Waals surface area contributed by atoms with Crippen LogP contribution in [0.15, 0.2) is 24.3 Å². The normalized spacial score (nSPS) is 22.5. The molecule has 1 amide bonds. The first-order valence-corrected chi connectivity index (χ1v) is 7.62. The van der Waals surface area contributed by atoms with Crippen molar-refractivity contribution >= 4 is 11.6 Å². The van der Waals surface area contributed by atoms with E-state index in [2.05, 4.69) is 29.4 Å². The minimum absolute atomic E-state index is 0.0799. The van der Waals surface area contributed by atoms with E-state index in [1.54, 1.807) is 0 Å². The third-order valence-electron chi connectivity index (χ3n) is 4.28. The molecule has 1 fully saturated rings. The van der Waals surface area contributed by atoms with Crippen molar-refractivity contribution in [2.24, 2.45) is 0 Å². The molecular formula is C16H23N3O2. The number of fused-ring (bicyclic) bond motifs is 1. The molecule has 0 spiro atoms. The zero-order valence-corrected chi connectivity index (χ0v) is 12.5. The van der Waals surface area contributed by atoms with Crippen molar-refractivity contribution in [3.05, 3.63) is 29.8 Å². The number of piperazine rings is 1. The minimum atomic E-state index is 0.0799. The van der Waals surface area contributed by atoms with Gasteiger partial charge >= 0.3 is 0 Å². The number of hydrogen-bond donors (Lipinski definition) is 1. The van der Waals surface area contributed by atoms with Gasteiger partial charge in [0, 0.05) is 44.8 Å². The van der Waals surface area contributed by atoms with Gasteiger partial charge in [0.2, 0.25) is 5.91 Å². The summed E-state index contributed by atoms with van der Waals surface area (Å²) in [5.41, 5.74) is 2.45. The molecule has 1 aromatic carbocycles. The highest BCUT2D eigenvalue weighted by molar-refractivity contribution is 5.77. The molecule has 114 valence electrons. The summed E-state index contributed by atoms with van der Waals surface area (Å²) in [7, 11) is 2.09. The predicted molar refractivity (Wildman–Crippen MR) is 82.5 cm³/mol.